The minimum Gasteiger partial charge on any atom is -0.277 e. The molecule has 0 fully saturated rings. The van der Waals surface area contributed by atoms with Gasteiger partial charge in [-0.05, 0) is 57.6 Å². The smallest absolute Gasteiger partial charge is 0.229 e. The van der Waals surface area contributed by atoms with Gasteiger partial charge in [0.1, 0.15) is 4.90 Å². The lowest BCUT2D eigenvalue weighted by Gasteiger charge is -2.32. The molecular weight excluding hydrogens is 536 g/mol. The van der Waals surface area contributed by atoms with Crippen LogP contribution in [0.1, 0.15) is 16.7 Å². The lowest BCUT2D eigenvalue weighted by molar-refractivity contribution is 0.573. The van der Waals surface area contributed by atoms with Gasteiger partial charge in [-0.25, -0.2) is 13.1 Å². The molecule has 0 saturated carbocycles. The molecule has 0 aliphatic carbocycles. The van der Waals surface area contributed by atoms with Crippen LogP contribution in [-0.2, 0) is 29.7 Å². The van der Waals surface area contributed by atoms with Gasteiger partial charge < -0.3 is 0 Å². The van der Waals surface area contributed by atoms with Crippen molar-refractivity contribution in [1.29, 1.82) is 0 Å². The highest BCUT2D eigenvalue weighted by atomic mass is 79.9. The summed E-state index contributed by atoms with van der Waals surface area (Å²) >= 11 is 3.54. The quantitative estimate of drug-likeness (QED) is 0.275. The zero-order valence-electron chi connectivity index (χ0n) is 20.8. The van der Waals surface area contributed by atoms with Gasteiger partial charge in [-0.1, -0.05) is 91.5 Å². The number of nitrogens with zero attached hydrogens (tertiary/aromatic N) is 5. The number of tetrazole rings is 1. The second kappa shape index (κ2) is 11.1. The molecular formula is C25H28B2BrN5O2S. The average molecular weight is 564 g/mol. The monoisotopic (exact) mass is 563 g/mol. The Morgan fingerprint density at radius 2 is 1.42 bits per heavy atom. The molecule has 0 atom stereocenters. The Labute approximate surface area is 222 Å². The molecule has 184 valence electrons. The van der Waals surface area contributed by atoms with Gasteiger partial charge in [0.25, 0.3) is 0 Å². The van der Waals surface area contributed by atoms with Crippen molar-refractivity contribution >= 4 is 39.6 Å². The molecule has 0 amide bonds. The van der Waals surface area contributed by atoms with Crippen LogP contribution in [0.4, 0.5) is 0 Å². The van der Waals surface area contributed by atoms with E-state index in [9.17, 15) is 8.42 Å². The lowest BCUT2D eigenvalue weighted by Crippen LogP contribution is -2.52. The van der Waals surface area contributed by atoms with Crippen molar-refractivity contribution in [3.05, 3.63) is 94.0 Å². The summed E-state index contributed by atoms with van der Waals surface area (Å²) in [6, 6.07) is 23.6. The van der Waals surface area contributed by atoms with E-state index in [0.717, 1.165) is 16.7 Å². The summed E-state index contributed by atoms with van der Waals surface area (Å²) < 4.78 is 32.9. The van der Waals surface area contributed by atoms with Crippen molar-refractivity contribution in [2.75, 3.05) is 0 Å². The predicted molar refractivity (Wildman–Crippen MR) is 149 cm³/mol. The lowest BCUT2D eigenvalue weighted by atomic mass is 9.48. The van der Waals surface area contributed by atoms with Crippen LogP contribution in [0, 0.1) is 6.92 Å². The van der Waals surface area contributed by atoms with Gasteiger partial charge in [-0.15, -0.1) is 5.10 Å². The number of aryl methyl sites for hydroxylation is 2. The van der Waals surface area contributed by atoms with E-state index in [4.69, 9.17) is 0 Å². The fourth-order valence-corrected chi connectivity index (χ4v) is 7.81. The fraction of sp³-hybridized carbons (Fsp3) is 0.240. The van der Waals surface area contributed by atoms with Gasteiger partial charge in [0.15, 0.2) is 5.82 Å². The first-order chi connectivity index (χ1) is 17.2. The van der Waals surface area contributed by atoms with Crippen molar-refractivity contribution in [2.24, 2.45) is 7.05 Å². The van der Waals surface area contributed by atoms with E-state index in [2.05, 4.69) is 31.5 Å². The Morgan fingerprint density at radius 1 is 0.889 bits per heavy atom. The third-order valence-corrected chi connectivity index (χ3v) is 9.45. The Morgan fingerprint density at radius 3 is 1.89 bits per heavy atom. The number of benzene rings is 3. The number of hydrogen-bond acceptors (Lipinski definition) is 5. The molecule has 1 heterocycles. The van der Waals surface area contributed by atoms with Crippen molar-refractivity contribution < 1.29 is 8.42 Å². The highest BCUT2D eigenvalue weighted by Crippen LogP contribution is 2.37. The third-order valence-electron chi connectivity index (χ3n) is 6.31. The Bertz CT molecular complexity index is 1390. The minimum absolute atomic E-state index is 0.181. The predicted octanol–water partition coefficient (Wildman–Crippen LogP) is 4.75. The molecule has 0 bridgehead atoms. The normalized spacial score (nSPS) is 11.6. The Hall–Kier alpha value is -2.75. The van der Waals surface area contributed by atoms with Crippen molar-refractivity contribution in [3.8, 4) is 11.4 Å². The second-order valence-corrected chi connectivity index (χ2v) is 11.7. The van der Waals surface area contributed by atoms with Crippen LogP contribution < -0.4 is 0 Å². The van der Waals surface area contributed by atoms with Crippen LogP contribution in [0.25, 0.3) is 11.4 Å². The van der Waals surface area contributed by atoms with Crippen LogP contribution in [0.5, 0.6) is 0 Å². The van der Waals surface area contributed by atoms with E-state index in [1.54, 1.807) is 17.2 Å². The zero-order valence-corrected chi connectivity index (χ0v) is 23.2. The highest BCUT2D eigenvalue weighted by molar-refractivity contribution is 9.10. The topological polar surface area (TPSA) is 81.0 Å². The molecule has 0 aliphatic rings. The molecule has 0 saturated heterocycles. The van der Waals surface area contributed by atoms with E-state index in [1.165, 1.54) is 4.68 Å². The third kappa shape index (κ3) is 5.48. The van der Waals surface area contributed by atoms with Crippen LogP contribution in [0.3, 0.4) is 0 Å². The number of aromatic nitrogens is 4. The summed E-state index contributed by atoms with van der Waals surface area (Å²) in [6.07, 6.45) is 1.17. The molecule has 0 unspecified atom stereocenters. The summed E-state index contributed by atoms with van der Waals surface area (Å²) in [5, 5.41) is 11.8. The van der Waals surface area contributed by atoms with Crippen molar-refractivity contribution in [1.82, 2.24) is 24.3 Å². The minimum atomic E-state index is -3.99. The molecule has 0 aliphatic heterocycles. The summed E-state index contributed by atoms with van der Waals surface area (Å²) in [5.41, 5.74) is 3.44. The first-order valence-electron chi connectivity index (χ1n) is 11.8. The Kier molecular flexibility index (Phi) is 8.12. The number of rotatable bonds is 9. The van der Waals surface area contributed by atoms with Gasteiger partial charge in [-0.3, -0.25) is 4.13 Å². The maximum absolute atomic E-state index is 14.6. The first-order valence-corrected chi connectivity index (χ1v) is 14.1. The fourth-order valence-electron chi connectivity index (χ4n) is 4.73. The van der Waals surface area contributed by atoms with Gasteiger partial charge >= 0.3 is 0 Å². The molecule has 0 spiro atoms. The summed E-state index contributed by atoms with van der Waals surface area (Å²) in [5.74, 6) is 0.402. The first kappa shape index (κ1) is 26.3. The maximum Gasteiger partial charge on any atom is 0.229 e. The zero-order chi connectivity index (χ0) is 25.9. The van der Waals surface area contributed by atoms with Crippen LogP contribution >= 0.6 is 15.9 Å². The van der Waals surface area contributed by atoms with E-state index >= 15 is 0 Å². The molecule has 4 rings (SSSR count). The van der Waals surface area contributed by atoms with Gasteiger partial charge in [0, 0.05) is 17.1 Å². The number of sulfonamides is 1. The van der Waals surface area contributed by atoms with E-state index in [-0.39, 0.29) is 18.6 Å². The van der Waals surface area contributed by atoms with Gasteiger partial charge in [0.05, 0.1) is 0 Å². The molecule has 3 aromatic carbocycles. The maximum atomic E-state index is 14.6. The molecule has 1 aromatic heterocycles. The second-order valence-electron chi connectivity index (χ2n) is 9.11. The standard InChI is InChI=1S/C25H28B2BrN5O2S/c1-19-15-16-22(28)24(23(19)25-29-30-31-32(25)4)36(34,35)33(26(2)17-20-11-7-5-8-12-20)27(3)18-21-13-9-6-10-14-21/h5-16H,17-18H2,1-4H3. The molecule has 0 N–H and O–H groups in total. The van der Waals surface area contributed by atoms with E-state index < -0.39 is 10.0 Å². The van der Waals surface area contributed by atoms with Gasteiger partial charge in [0.2, 0.25) is 23.7 Å². The number of hydrogen-bond donors (Lipinski definition) is 0. The summed E-state index contributed by atoms with van der Waals surface area (Å²) in [6.45, 7) is 5.22. The van der Waals surface area contributed by atoms with Crippen molar-refractivity contribution in [3.63, 3.8) is 0 Å². The van der Waals surface area contributed by atoms with Crippen molar-refractivity contribution in [2.45, 2.75) is 38.1 Å². The molecule has 11 heteroatoms. The van der Waals surface area contributed by atoms with E-state index in [1.807, 2.05) is 87.3 Å². The van der Waals surface area contributed by atoms with Crippen LogP contribution in [0.15, 0.2) is 82.2 Å². The van der Waals surface area contributed by atoms with E-state index in [0.29, 0.717) is 28.5 Å². The van der Waals surface area contributed by atoms with Gasteiger partial charge in [-0.2, -0.15) is 0 Å². The Balaban J connectivity index is 1.85. The SMILES string of the molecule is CB(Cc1ccccc1)N(B(C)Cc1ccccc1)S(=O)(=O)c1c(Br)ccc(C)c1-c1nnnn1C. The highest BCUT2D eigenvalue weighted by Gasteiger charge is 2.40. The largest absolute Gasteiger partial charge is 0.277 e. The summed E-state index contributed by atoms with van der Waals surface area (Å²) in [7, 11) is -2.28. The van der Waals surface area contributed by atoms with Crippen LogP contribution in [0.2, 0.25) is 13.6 Å². The average Bonchev–Trinajstić information content (AvgIpc) is 3.26. The molecule has 0 radical (unpaired) electrons. The summed E-state index contributed by atoms with van der Waals surface area (Å²) in [4.78, 5) is 0.181. The molecule has 7 nitrogen and oxygen atoms in total. The van der Waals surface area contributed by atoms with Crippen LogP contribution in [-0.4, -0.2) is 46.4 Å². The molecule has 36 heavy (non-hydrogen) atoms. The number of halogens is 1. The molecule has 4 aromatic rings.